The molecule has 0 amide bonds. The van der Waals surface area contributed by atoms with Crippen LogP contribution in [0.3, 0.4) is 0 Å². The molecule has 0 bridgehead atoms. The zero-order chi connectivity index (χ0) is 10.9. The van der Waals surface area contributed by atoms with Gasteiger partial charge in [-0.3, -0.25) is 4.98 Å². The number of alkyl halides is 3. The van der Waals surface area contributed by atoms with E-state index in [-0.39, 0.29) is 6.04 Å². The first kappa shape index (κ1) is 10.4. The van der Waals surface area contributed by atoms with Crippen LogP contribution in [0.1, 0.15) is 30.1 Å². The predicted molar refractivity (Wildman–Crippen MR) is 49.2 cm³/mol. The van der Waals surface area contributed by atoms with Crippen molar-refractivity contribution in [3.05, 3.63) is 29.6 Å². The molecule has 2 rings (SSSR count). The van der Waals surface area contributed by atoms with Gasteiger partial charge in [-0.05, 0) is 31.0 Å². The Morgan fingerprint density at radius 1 is 1.33 bits per heavy atom. The molecule has 1 atom stereocenters. The van der Waals surface area contributed by atoms with Crippen LogP contribution < -0.4 is 5.32 Å². The van der Waals surface area contributed by atoms with Crippen LogP contribution in [-0.4, -0.2) is 11.5 Å². The molecule has 2 heterocycles. The molecule has 1 aliphatic rings. The number of halogens is 3. The molecule has 1 saturated heterocycles. The molecule has 0 spiro atoms. The van der Waals surface area contributed by atoms with Crippen molar-refractivity contribution in [1.29, 1.82) is 0 Å². The first-order valence-electron chi connectivity index (χ1n) is 4.84. The lowest BCUT2D eigenvalue weighted by molar-refractivity contribution is -0.141. The van der Waals surface area contributed by atoms with E-state index in [9.17, 15) is 13.2 Å². The topological polar surface area (TPSA) is 24.9 Å². The number of nitrogens with one attached hydrogen (secondary N) is 1. The van der Waals surface area contributed by atoms with Gasteiger partial charge in [-0.1, -0.05) is 6.07 Å². The van der Waals surface area contributed by atoms with Crippen LogP contribution in [0.25, 0.3) is 0 Å². The fraction of sp³-hybridized carbons (Fsp3) is 0.500. The predicted octanol–water partition coefficient (Wildman–Crippen LogP) is 2.52. The third kappa shape index (κ3) is 2.28. The van der Waals surface area contributed by atoms with Crippen LogP contribution in [0.5, 0.6) is 0 Å². The van der Waals surface area contributed by atoms with E-state index >= 15 is 0 Å². The summed E-state index contributed by atoms with van der Waals surface area (Å²) in [6, 6.07) is 2.70. The highest BCUT2D eigenvalue weighted by Gasteiger charge is 2.32. The van der Waals surface area contributed by atoms with Crippen molar-refractivity contribution in [3.8, 4) is 0 Å². The summed E-state index contributed by atoms with van der Waals surface area (Å²) < 4.78 is 36.7. The molecule has 0 saturated carbocycles. The normalized spacial score (nSPS) is 21.9. The third-order valence-corrected chi connectivity index (χ3v) is 2.54. The standard InChI is InChI=1S/C10H11F3N2/c11-10(12,13)9-4-3-7(6-15-9)8-2-1-5-14-8/h3-4,6,8,14H,1-2,5H2/t8-/m0/s1. The van der Waals surface area contributed by atoms with Crippen LogP contribution >= 0.6 is 0 Å². The average molecular weight is 216 g/mol. The summed E-state index contributed by atoms with van der Waals surface area (Å²) in [5.41, 5.74) is 0.00440. The maximum absolute atomic E-state index is 12.2. The van der Waals surface area contributed by atoms with E-state index in [1.54, 1.807) is 0 Å². The zero-order valence-corrected chi connectivity index (χ0v) is 8.01. The Bertz CT molecular complexity index is 326. The van der Waals surface area contributed by atoms with Gasteiger partial charge >= 0.3 is 6.18 Å². The lowest BCUT2D eigenvalue weighted by Gasteiger charge is -2.11. The van der Waals surface area contributed by atoms with Gasteiger partial charge in [0.2, 0.25) is 0 Å². The van der Waals surface area contributed by atoms with Gasteiger partial charge in [0.25, 0.3) is 0 Å². The van der Waals surface area contributed by atoms with E-state index in [1.807, 2.05) is 0 Å². The van der Waals surface area contributed by atoms with E-state index in [4.69, 9.17) is 0 Å². The average Bonchev–Trinajstić information content (AvgIpc) is 2.69. The summed E-state index contributed by atoms with van der Waals surface area (Å²) in [6.07, 6.45) is -1.01. The Labute approximate surface area is 85.5 Å². The van der Waals surface area contributed by atoms with Gasteiger partial charge in [-0.25, -0.2) is 0 Å². The molecular formula is C10H11F3N2. The quantitative estimate of drug-likeness (QED) is 0.780. The Morgan fingerprint density at radius 3 is 2.60 bits per heavy atom. The number of aromatic nitrogens is 1. The smallest absolute Gasteiger partial charge is 0.310 e. The third-order valence-electron chi connectivity index (χ3n) is 2.54. The van der Waals surface area contributed by atoms with E-state index in [1.165, 1.54) is 12.3 Å². The molecule has 2 nitrogen and oxygen atoms in total. The maximum atomic E-state index is 12.2. The van der Waals surface area contributed by atoms with Gasteiger partial charge in [0.15, 0.2) is 0 Å². The molecule has 1 fully saturated rings. The fourth-order valence-electron chi connectivity index (χ4n) is 1.75. The molecule has 1 aliphatic heterocycles. The van der Waals surface area contributed by atoms with Gasteiger partial charge in [0, 0.05) is 12.2 Å². The van der Waals surface area contributed by atoms with Gasteiger partial charge in [0.1, 0.15) is 5.69 Å². The second-order valence-corrected chi connectivity index (χ2v) is 3.62. The van der Waals surface area contributed by atoms with Gasteiger partial charge in [-0.15, -0.1) is 0 Å². The minimum Gasteiger partial charge on any atom is -0.310 e. The minimum absolute atomic E-state index is 0.166. The Hall–Kier alpha value is -1.10. The molecule has 1 N–H and O–H groups in total. The highest BCUT2D eigenvalue weighted by Crippen LogP contribution is 2.29. The molecule has 1 aromatic heterocycles. The van der Waals surface area contributed by atoms with Gasteiger partial charge in [0.05, 0.1) is 0 Å². The summed E-state index contributed by atoms with van der Waals surface area (Å²) in [5.74, 6) is 0. The van der Waals surface area contributed by atoms with E-state index in [0.717, 1.165) is 31.0 Å². The van der Waals surface area contributed by atoms with Crippen LogP contribution in [0.4, 0.5) is 13.2 Å². The molecule has 1 aromatic rings. The highest BCUT2D eigenvalue weighted by atomic mass is 19.4. The molecule has 82 valence electrons. The number of hydrogen-bond acceptors (Lipinski definition) is 2. The minimum atomic E-state index is -4.35. The number of nitrogens with zero attached hydrogens (tertiary/aromatic N) is 1. The van der Waals surface area contributed by atoms with E-state index in [0.29, 0.717) is 0 Å². The fourth-order valence-corrected chi connectivity index (χ4v) is 1.75. The van der Waals surface area contributed by atoms with Crippen molar-refractivity contribution < 1.29 is 13.2 Å². The Morgan fingerprint density at radius 2 is 2.13 bits per heavy atom. The van der Waals surface area contributed by atoms with Gasteiger partial charge < -0.3 is 5.32 Å². The van der Waals surface area contributed by atoms with Crippen LogP contribution in [0, 0.1) is 0 Å². The van der Waals surface area contributed by atoms with Gasteiger partial charge in [-0.2, -0.15) is 13.2 Å². The molecule has 0 radical (unpaired) electrons. The van der Waals surface area contributed by atoms with Crippen LogP contribution in [0.2, 0.25) is 0 Å². The van der Waals surface area contributed by atoms with Crippen molar-refractivity contribution in [2.45, 2.75) is 25.1 Å². The van der Waals surface area contributed by atoms with E-state index < -0.39 is 11.9 Å². The largest absolute Gasteiger partial charge is 0.433 e. The summed E-state index contributed by atoms with van der Waals surface area (Å²) in [4.78, 5) is 3.43. The number of rotatable bonds is 1. The second kappa shape index (κ2) is 3.81. The second-order valence-electron chi connectivity index (χ2n) is 3.62. The Balaban J connectivity index is 2.16. The maximum Gasteiger partial charge on any atom is 0.433 e. The van der Waals surface area contributed by atoms with Crippen molar-refractivity contribution in [1.82, 2.24) is 10.3 Å². The lowest BCUT2D eigenvalue weighted by Crippen LogP contribution is -2.14. The lowest BCUT2D eigenvalue weighted by atomic mass is 10.1. The molecule has 0 aromatic carbocycles. The SMILES string of the molecule is FC(F)(F)c1ccc([C@@H]2CCCN2)cn1. The van der Waals surface area contributed by atoms with Crippen molar-refractivity contribution in [2.75, 3.05) is 6.54 Å². The van der Waals surface area contributed by atoms with Crippen molar-refractivity contribution in [3.63, 3.8) is 0 Å². The summed E-state index contributed by atoms with van der Waals surface area (Å²) >= 11 is 0. The first-order valence-corrected chi connectivity index (χ1v) is 4.84. The monoisotopic (exact) mass is 216 g/mol. The number of hydrogen-bond donors (Lipinski definition) is 1. The zero-order valence-electron chi connectivity index (χ0n) is 8.01. The highest BCUT2D eigenvalue weighted by molar-refractivity contribution is 5.19. The van der Waals surface area contributed by atoms with Crippen molar-refractivity contribution >= 4 is 0 Å². The number of pyridine rings is 1. The molecule has 0 unspecified atom stereocenters. The molecular weight excluding hydrogens is 205 g/mol. The van der Waals surface area contributed by atoms with Crippen LogP contribution in [-0.2, 0) is 6.18 Å². The van der Waals surface area contributed by atoms with Crippen LogP contribution in [0.15, 0.2) is 18.3 Å². The first-order chi connectivity index (χ1) is 7.07. The van der Waals surface area contributed by atoms with E-state index in [2.05, 4.69) is 10.3 Å². The summed E-state index contributed by atoms with van der Waals surface area (Å²) in [7, 11) is 0. The molecule has 0 aliphatic carbocycles. The van der Waals surface area contributed by atoms with Crippen molar-refractivity contribution in [2.24, 2.45) is 0 Å². The summed E-state index contributed by atoms with van der Waals surface area (Å²) in [5, 5.41) is 3.21. The molecule has 15 heavy (non-hydrogen) atoms. The summed E-state index contributed by atoms with van der Waals surface area (Å²) in [6.45, 7) is 0.922. The molecule has 5 heteroatoms. The Kier molecular flexibility index (Phi) is 2.65.